The van der Waals surface area contributed by atoms with E-state index in [4.69, 9.17) is 4.84 Å². The first-order valence-corrected chi connectivity index (χ1v) is 6.92. The van der Waals surface area contributed by atoms with Crippen molar-refractivity contribution in [1.29, 1.82) is 0 Å². The quantitative estimate of drug-likeness (QED) is 0.752. The predicted octanol–water partition coefficient (Wildman–Crippen LogP) is 0.450. The van der Waals surface area contributed by atoms with Crippen LogP contribution in [0.2, 0.25) is 0 Å². The molecule has 0 fully saturated rings. The Morgan fingerprint density at radius 3 is 2.74 bits per heavy atom. The summed E-state index contributed by atoms with van der Waals surface area (Å²) in [6.07, 6.45) is 2.53. The summed E-state index contributed by atoms with van der Waals surface area (Å²) in [6, 6.07) is 7.10. The van der Waals surface area contributed by atoms with E-state index in [9.17, 15) is 9.59 Å². The third-order valence-corrected chi connectivity index (χ3v) is 3.20. The van der Waals surface area contributed by atoms with E-state index in [0.717, 1.165) is 17.0 Å². The average molecular weight is 313 g/mol. The van der Waals surface area contributed by atoms with Crippen LogP contribution in [0.1, 0.15) is 15.9 Å². The number of hydrogen-bond donors (Lipinski definition) is 1. The monoisotopic (exact) mass is 313 g/mol. The highest BCUT2D eigenvalue weighted by atomic mass is 16.7. The second-order valence-electron chi connectivity index (χ2n) is 5.30. The molecule has 0 radical (unpaired) electrons. The molecule has 0 aliphatic heterocycles. The molecule has 0 aliphatic carbocycles. The van der Waals surface area contributed by atoms with E-state index in [0.29, 0.717) is 5.56 Å². The maximum atomic E-state index is 12.2. The van der Waals surface area contributed by atoms with Crippen LogP contribution in [-0.2, 0) is 6.54 Å². The number of hydrogen-bond acceptors (Lipinski definition) is 6. The molecule has 8 nitrogen and oxygen atoms in total. The molecule has 0 unspecified atom stereocenters. The molecule has 2 heterocycles. The van der Waals surface area contributed by atoms with Gasteiger partial charge in [-0.3, -0.25) is 4.79 Å². The fraction of sp³-hybridized carbons (Fsp3) is 0.200. The minimum Gasteiger partial charge on any atom is -0.312 e. The lowest BCUT2D eigenvalue weighted by atomic mass is 10.1. The van der Waals surface area contributed by atoms with Crippen molar-refractivity contribution < 1.29 is 9.63 Å². The molecule has 118 valence electrons. The van der Waals surface area contributed by atoms with Gasteiger partial charge in [0.1, 0.15) is 5.39 Å². The van der Waals surface area contributed by atoms with E-state index in [1.54, 1.807) is 12.1 Å². The molecule has 0 saturated heterocycles. The number of nitrogens with one attached hydrogen (secondary N) is 1. The molecule has 3 aromatic rings. The molecule has 0 amide bonds. The van der Waals surface area contributed by atoms with Crippen molar-refractivity contribution in [1.82, 2.24) is 24.8 Å². The number of carbonyl (C=O) groups is 1. The summed E-state index contributed by atoms with van der Waals surface area (Å²) >= 11 is 0. The molecule has 0 aliphatic rings. The van der Waals surface area contributed by atoms with Crippen LogP contribution in [0, 0.1) is 0 Å². The lowest BCUT2D eigenvalue weighted by molar-refractivity contribution is 0.0416. The topological polar surface area (TPSA) is 93.1 Å². The molecular formula is C15H15N5O3. The Hall–Kier alpha value is -3.00. The van der Waals surface area contributed by atoms with Gasteiger partial charge in [0.25, 0.3) is 5.56 Å². The summed E-state index contributed by atoms with van der Waals surface area (Å²) < 4.78 is 0. The van der Waals surface area contributed by atoms with Crippen LogP contribution in [0.15, 0.2) is 41.6 Å². The Balaban J connectivity index is 1.80. The second kappa shape index (κ2) is 6.01. The van der Waals surface area contributed by atoms with Gasteiger partial charge in [-0.25, -0.2) is 9.78 Å². The summed E-state index contributed by atoms with van der Waals surface area (Å²) in [4.78, 5) is 38.3. The number of nitrogens with zero attached hydrogens (tertiary/aromatic N) is 4. The zero-order chi connectivity index (χ0) is 16.4. The number of H-pyrrole nitrogens is 1. The first kappa shape index (κ1) is 14.9. The number of benzene rings is 1. The van der Waals surface area contributed by atoms with Crippen molar-refractivity contribution in [2.24, 2.45) is 0 Å². The molecule has 8 heteroatoms. The zero-order valence-corrected chi connectivity index (χ0v) is 12.7. The summed E-state index contributed by atoms with van der Waals surface area (Å²) in [7, 11) is 3.94. The molecule has 0 bridgehead atoms. The molecule has 23 heavy (non-hydrogen) atoms. The maximum Gasteiger partial charge on any atom is 0.365 e. The smallest absolute Gasteiger partial charge is 0.312 e. The average Bonchev–Trinajstić information content (AvgIpc) is 2.92. The van der Waals surface area contributed by atoms with Gasteiger partial charge < -0.3 is 14.7 Å². The van der Waals surface area contributed by atoms with E-state index >= 15 is 0 Å². The number of rotatable bonds is 4. The Labute approximate surface area is 131 Å². The van der Waals surface area contributed by atoms with Gasteiger partial charge in [-0.1, -0.05) is 17.0 Å². The molecule has 0 spiro atoms. The van der Waals surface area contributed by atoms with E-state index < -0.39 is 5.97 Å². The largest absolute Gasteiger partial charge is 0.365 e. The van der Waals surface area contributed by atoms with E-state index in [1.165, 1.54) is 12.5 Å². The third kappa shape index (κ3) is 3.11. The minimum atomic E-state index is -0.575. The van der Waals surface area contributed by atoms with Gasteiger partial charge in [-0.15, -0.1) is 5.10 Å². The number of aromatic nitrogens is 4. The first-order valence-electron chi connectivity index (χ1n) is 6.92. The van der Waals surface area contributed by atoms with Gasteiger partial charge in [0, 0.05) is 6.54 Å². The van der Waals surface area contributed by atoms with Crippen LogP contribution in [0.5, 0.6) is 0 Å². The van der Waals surface area contributed by atoms with Crippen LogP contribution in [0.4, 0.5) is 0 Å². The van der Waals surface area contributed by atoms with Gasteiger partial charge in [0.15, 0.2) is 0 Å². The van der Waals surface area contributed by atoms with E-state index in [2.05, 4.69) is 15.1 Å². The van der Waals surface area contributed by atoms with Crippen molar-refractivity contribution in [2.75, 3.05) is 14.1 Å². The Bertz CT molecular complexity index is 895. The molecule has 3 rings (SSSR count). The first-order chi connectivity index (χ1) is 11.0. The summed E-state index contributed by atoms with van der Waals surface area (Å²) in [6.45, 7) is 0.784. The molecular weight excluding hydrogens is 298 g/mol. The van der Waals surface area contributed by atoms with Gasteiger partial charge in [-0.05, 0) is 31.8 Å². The molecule has 1 aromatic carbocycles. The summed E-state index contributed by atoms with van der Waals surface area (Å²) in [5, 5.41) is 4.11. The lowest BCUT2D eigenvalue weighted by Crippen LogP contribution is -2.21. The third-order valence-electron chi connectivity index (χ3n) is 3.20. The van der Waals surface area contributed by atoms with Gasteiger partial charge >= 0.3 is 5.97 Å². The molecule has 0 atom stereocenters. The van der Waals surface area contributed by atoms with Crippen LogP contribution in [-0.4, -0.2) is 44.9 Å². The molecule has 1 N–H and O–H groups in total. The second-order valence-corrected chi connectivity index (χ2v) is 5.30. The van der Waals surface area contributed by atoms with Gasteiger partial charge in [-0.2, -0.15) is 0 Å². The SMILES string of the molecule is CN(C)Cc1ccc(C(=O)On2ncc3c(=O)[nH]cnc32)cc1. The Morgan fingerprint density at radius 2 is 2.04 bits per heavy atom. The maximum absolute atomic E-state index is 12.2. The Morgan fingerprint density at radius 1 is 1.30 bits per heavy atom. The highest BCUT2D eigenvalue weighted by molar-refractivity contribution is 5.90. The van der Waals surface area contributed by atoms with Crippen LogP contribution in [0.3, 0.4) is 0 Å². The van der Waals surface area contributed by atoms with Crippen LogP contribution < -0.4 is 10.4 Å². The van der Waals surface area contributed by atoms with E-state index in [-0.39, 0.29) is 16.6 Å². The van der Waals surface area contributed by atoms with Crippen LogP contribution >= 0.6 is 0 Å². The number of fused-ring (bicyclic) bond motifs is 1. The summed E-state index contributed by atoms with van der Waals surface area (Å²) in [5.74, 6) is -0.575. The van der Waals surface area contributed by atoms with E-state index in [1.807, 2.05) is 31.1 Å². The van der Waals surface area contributed by atoms with Crippen molar-refractivity contribution in [3.05, 3.63) is 58.3 Å². The standard InChI is InChI=1S/C15H15N5O3/c1-19(2)8-10-3-5-11(6-4-10)15(22)23-20-13-12(7-18-20)14(21)17-9-16-13/h3-7,9H,8H2,1-2H3,(H,16,17,21). The molecule has 2 aromatic heterocycles. The molecule has 0 saturated carbocycles. The van der Waals surface area contributed by atoms with Crippen molar-refractivity contribution >= 4 is 17.0 Å². The zero-order valence-electron chi connectivity index (χ0n) is 12.7. The fourth-order valence-electron chi connectivity index (χ4n) is 2.14. The fourth-order valence-corrected chi connectivity index (χ4v) is 2.14. The minimum absolute atomic E-state index is 0.186. The van der Waals surface area contributed by atoms with Crippen molar-refractivity contribution in [3.63, 3.8) is 0 Å². The number of carbonyl (C=O) groups excluding carboxylic acids is 1. The highest BCUT2D eigenvalue weighted by Crippen LogP contribution is 2.08. The lowest BCUT2D eigenvalue weighted by Gasteiger charge is -2.09. The van der Waals surface area contributed by atoms with Gasteiger partial charge in [0.2, 0.25) is 5.65 Å². The predicted molar refractivity (Wildman–Crippen MR) is 82.9 cm³/mol. The number of aromatic amines is 1. The van der Waals surface area contributed by atoms with Gasteiger partial charge in [0.05, 0.1) is 18.1 Å². The summed E-state index contributed by atoms with van der Waals surface area (Å²) in [5.41, 5.74) is 1.32. The Kier molecular flexibility index (Phi) is 3.90. The van der Waals surface area contributed by atoms with Crippen molar-refractivity contribution in [3.8, 4) is 0 Å². The van der Waals surface area contributed by atoms with Crippen LogP contribution in [0.25, 0.3) is 11.0 Å². The normalized spacial score (nSPS) is 11.1. The highest BCUT2D eigenvalue weighted by Gasteiger charge is 2.13. The van der Waals surface area contributed by atoms with Crippen molar-refractivity contribution in [2.45, 2.75) is 6.54 Å².